The van der Waals surface area contributed by atoms with Crippen molar-refractivity contribution in [1.29, 1.82) is 0 Å². The summed E-state index contributed by atoms with van der Waals surface area (Å²) in [4.78, 5) is 26.5. The van der Waals surface area contributed by atoms with Gasteiger partial charge in [0, 0.05) is 31.1 Å². The zero-order valence-corrected chi connectivity index (χ0v) is 23.8. The number of benzene rings is 3. The van der Waals surface area contributed by atoms with Crippen LogP contribution in [-0.2, 0) is 13.0 Å². The first-order valence-corrected chi connectivity index (χ1v) is 13.9. The monoisotopic (exact) mass is 570 g/mol. The summed E-state index contributed by atoms with van der Waals surface area (Å²) in [5.41, 5.74) is 7.66. The molecule has 0 heterocycles. The molecule has 0 saturated carbocycles. The number of hydrogen-bond donors (Lipinski definition) is 3. The Bertz CT molecular complexity index is 1340. The molecule has 3 aromatic rings. The number of carbonyl (C=O) groups excluding carboxylic acids is 2. The SMILES string of the molecule is CCC[N+](CCC)(C(=O)c1cc(C)cc(C(N)=O)c1)[C@@H](Cc1cc(F)cc(F)c1)[C@H](O)CNCc1cccc(F)c1. The number of quaternary nitrogens is 1. The molecule has 3 aromatic carbocycles. The molecular weight excluding hydrogens is 531 g/mol. The van der Waals surface area contributed by atoms with Crippen LogP contribution in [0.25, 0.3) is 0 Å². The molecule has 0 fully saturated rings. The molecular formula is C32H39F3N3O3+. The van der Waals surface area contributed by atoms with Gasteiger partial charge in [-0.25, -0.2) is 18.0 Å². The first-order chi connectivity index (χ1) is 19.5. The third-order valence-electron chi connectivity index (χ3n) is 7.28. The molecule has 0 spiro atoms. The molecule has 41 heavy (non-hydrogen) atoms. The van der Waals surface area contributed by atoms with Crippen LogP contribution in [0.3, 0.4) is 0 Å². The van der Waals surface area contributed by atoms with Gasteiger partial charge in [0.2, 0.25) is 5.91 Å². The van der Waals surface area contributed by atoms with E-state index in [-0.39, 0.29) is 46.8 Å². The van der Waals surface area contributed by atoms with E-state index in [0.717, 1.165) is 6.07 Å². The summed E-state index contributed by atoms with van der Waals surface area (Å²) in [5.74, 6) is -2.86. The molecule has 0 aliphatic rings. The zero-order chi connectivity index (χ0) is 30.2. The fourth-order valence-corrected chi connectivity index (χ4v) is 5.66. The maximum Gasteiger partial charge on any atom is 0.346 e. The third-order valence-corrected chi connectivity index (χ3v) is 7.28. The van der Waals surface area contributed by atoms with Gasteiger partial charge in [-0.2, -0.15) is 0 Å². The summed E-state index contributed by atoms with van der Waals surface area (Å²) >= 11 is 0. The lowest BCUT2D eigenvalue weighted by Gasteiger charge is -2.44. The maximum absolute atomic E-state index is 14.5. The van der Waals surface area contributed by atoms with Crippen LogP contribution in [0.1, 0.15) is 64.1 Å². The second-order valence-electron chi connectivity index (χ2n) is 10.6. The van der Waals surface area contributed by atoms with Gasteiger partial charge in [0.25, 0.3) is 0 Å². The van der Waals surface area contributed by atoms with Crippen LogP contribution in [0.15, 0.2) is 60.7 Å². The molecule has 0 saturated heterocycles. The maximum atomic E-state index is 14.5. The van der Waals surface area contributed by atoms with Gasteiger partial charge < -0.3 is 16.2 Å². The molecule has 6 nitrogen and oxygen atoms in total. The van der Waals surface area contributed by atoms with Gasteiger partial charge in [-0.1, -0.05) is 26.0 Å². The molecule has 2 atom stereocenters. The van der Waals surface area contributed by atoms with Crippen LogP contribution in [0, 0.1) is 24.4 Å². The number of nitrogens with zero attached hydrogens (tertiary/aromatic N) is 1. The largest absolute Gasteiger partial charge is 0.386 e. The van der Waals surface area contributed by atoms with Crippen LogP contribution >= 0.6 is 0 Å². The van der Waals surface area contributed by atoms with Crippen molar-refractivity contribution in [3.63, 3.8) is 0 Å². The van der Waals surface area contributed by atoms with Gasteiger partial charge in [0.1, 0.15) is 29.6 Å². The molecule has 0 bridgehead atoms. The molecule has 0 unspecified atom stereocenters. The van der Waals surface area contributed by atoms with Crippen molar-refractivity contribution in [2.75, 3.05) is 19.6 Å². The summed E-state index contributed by atoms with van der Waals surface area (Å²) in [6.45, 7) is 6.61. The van der Waals surface area contributed by atoms with E-state index in [4.69, 9.17) is 5.73 Å². The van der Waals surface area contributed by atoms with E-state index in [9.17, 15) is 27.9 Å². The van der Waals surface area contributed by atoms with Crippen LogP contribution < -0.4 is 11.1 Å². The Balaban J connectivity index is 2.08. The lowest BCUT2D eigenvalue weighted by molar-refractivity contribution is -0.878. The second-order valence-corrected chi connectivity index (χ2v) is 10.6. The minimum absolute atomic E-state index is 0.0116. The number of rotatable bonds is 14. The molecule has 2 amide bonds. The van der Waals surface area contributed by atoms with E-state index < -0.39 is 29.7 Å². The van der Waals surface area contributed by atoms with E-state index >= 15 is 0 Å². The Morgan fingerprint density at radius 1 is 0.878 bits per heavy atom. The summed E-state index contributed by atoms with van der Waals surface area (Å²) in [7, 11) is 0. The standard InChI is InChI=1S/C32H38F3N3O3/c1-4-9-38(10-5-2,32(41)25-12-21(3)11-24(17-25)31(36)40)29(16-23-14-27(34)18-28(35)15-23)30(39)20-37-19-22-7-6-8-26(33)13-22/h6-8,11-15,17-18,29-30,37,39H,4-5,9-10,16,19-20H2,1-3H3,(H-,36,40)/p+1/t29-,30+/m0/s1. The van der Waals surface area contributed by atoms with Crippen molar-refractivity contribution in [2.24, 2.45) is 5.73 Å². The van der Waals surface area contributed by atoms with Crippen molar-refractivity contribution >= 4 is 11.8 Å². The highest BCUT2D eigenvalue weighted by molar-refractivity contribution is 5.97. The number of primary amides is 1. The minimum Gasteiger partial charge on any atom is -0.386 e. The van der Waals surface area contributed by atoms with Gasteiger partial charge in [-0.3, -0.25) is 9.28 Å². The molecule has 9 heteroatoms. The highest BCUT2D eigenvalue weighted by atomic mass is 19.1. The van der Waals surface area contributed by atoms with Crippen LogP contribution in [-0.4, -0.2) is 53.2 Å². The first kappa shape index (κ1) is 32.0. The molecule has 4 N–H and O–H groups in total. The first-order valence-electron chi connectivity index (χ1n) is 13.9. The number of nitrogens with one attached hydrogen (secondary N) is 1. The number of aryl methyl sites for hydroxylation is 1. The number of carbonyl (C=O) groups is 2. The van der Waals surface area contributed by atoms with Gasteiger partial charge in [-0.05, 0) is 78.9 Å². The number of hydrogen-bond acceptors (Lipinski definition) is 4. The zero-order valence-electron chi connectivity index (χ0n) is 23.8. The number of nitrogens with two attached hydrogens (primary N) is 1. The average Bonchev–Trinajstić information content (AvgIpc) is 2.90. The predicted octanol–water partition coefficient (Wildman–Crippen LogP) is 5.05. The minimum atomic E-state index is -1.13. The third kappa shape index (κ3) is 8.25. The van der Waals surface area contributed by atoms with Crippen LogP contribution in [0.2, 0.25) is 0 Å². The smallest absolute Gasteiger partial charge is 0.346 e. The van der Waals surface area contributed by atoms with Gasteiger partial charge in [-0.15, -0.1) is 0 Å². The van der Waals surface area contributed by atoms with Crippen molar-refractivity contribution in [2.45, 2.75) is 58.7 Å². The average molecular weight is 571 g/mol. The molecule has 0 aliphatic carbocycles. The van der Waals surface area contributed by atoms with Crippen LogP contribution in [0.5, 0.6) is 0 Å². The Kier molecular flexibility index (Phi) is 11.2. The van der Waals surface area contributed by atoms with Gasteiger partial charge in [0.15, 0.2) is 0 Å². The van der Waals surface area contributed by atoms with E-state index in [2.05, 4.69) is 5.32 Å². The lowest BCUT2D eigenvalue weighted by Crippen LogP contribution is -2.65. The molecule has 3 rings (SSSR count). The quantitative estimate of drug-likeness (QED) is 0.237. The highest BCUT2D eigenvalue weighted by Crippen LogP contribution is 2.28. The summed E-state index contributed by atoms with van der Waals surface area (Å²) in [6, 6.07) is 13.2. The number of amides is 2. The predicted molar refractivity (Wildman–Crippen MR) is 153 cm³/mol. The molecule has 0 aliphatic heterocycles. The van der Waals surface area contributed by atoms with Crippen molar-refractivity contribution in [3.05, 3.63) is 106 Å². The lowest BCUT2D eigenvalue weighted by atomic mass is 9.93. The van der Waals surface area contributed by atoms with E-state index in [1.165, 1.54) is 30.3 Å². The topological polar surface area (TPSA) is 92.4 Å². The second kappa shape index (κ2) is 14.4. The number of aliphatic hydroxyl groups excluding tert-OH is 1. The fourth-order valence-electron chi connectivity index (χ4n) is 5.66. The molecule has 0 radical (unpaired) electrons. The Hall–Kier alpha value is -3.53. The summed E-state index contributed by atoms with van der Waals surface area (Å²) in [5, 5.41) is 14.8. The molecule has 220 valence electrons. The Morgan fingerprint density at radius 3 is 2.07 bits per heavy atom. The van der Waals surface area contributed by atoms with E-state index in [0.29, 0.717) is 42.6 Å². The van der Waals surface area contributed by atoms with E-state index in [1.807, 2.05) is 13.8 Å². The van der Waals surface area contributed by atoms with Gasteiger partial charge >= 0.3 is 5.91 Å². The van der Waals surface area contributed by atoms with Crippen molar-refractivity contribution in [1.82, 2.24) is 5.32 Å². The Labute approximate surface area is 239 Å². The fraction of sp³-hybridized carbons (Fsp3) is 0.375. The van der Waals surface area contributed by atoms with Crippen molar-refractivity contribution in [3.8, 4) is 0 Å². The van der Waals surface area contributed by atoms with E-state index in [1.54, 1.807) is 31.2 Å². The summed E-state index contributed by atoms with van der Waals surface area (Å²) < 4.78 is 41.9. The highest BCUT2D eigenvalue weighted by Gasteiger charge is 2.47. The number of aliphatic hydroxyl groups is 1. The van der Waals surface area contributed by atoms with Gasteiger partial charge in [0.05, 0.1) is 18.7 Å². The normalized spacial score (nSPS) is 13.1. The molecule has 0 aromatic heterocycles. The van der Waals surface area contributed by atoms with Crippen molar-refractivity contribution < 1.29 is 32.3 Å². The summed E-state index contributed by atoms with van der Waals surface area (Å²) in [6.07, 6.45) is 0.0463. The number of halogens is 3. The van der Waals surface area contributed by atoms with Crippen LogP contribution in [0.4, 0.5) is 13.2 Å². The Morgan fingerprint density at radius 2 is 1.49 bits per heavy atom.